The zero-order chi connectivity index (χ0) is 13.7. The van der Waals surface area contributed by atoms with Gasteiger partial charge in [-0.05, 0) is 12.5 Å². The maximum Gasteiger partial charge on any atom is 0.258 e. The van der Waals surface area contributed by atoms with E-state index in [9.17, 15) is 4.79 Å². The smallest absolute Gasteiger partial charge is 0.258 e. The number of H-pyrrole nitrogens is 1. The Morgan fingerprint density at radius 3 is 2.95 bits per heavy atom. The van der Waals surface area contributed by atoms with Crippen LogP contribution in [0.4, 0.5) is 5.69 Å². The Kier molecular flexibility index (Phi) is 4.35. The van der Waals surface area contributed by atoms with Crippen LogP contribution in [0.15, 0.2) is 23.3 Å². The molecule has 0 amide bonds. The van der Waals surface area contributed by atoms with Crippen molar-refractivity contribution in [3.05, 3.63) is 28.8 Å². The molecular weight excluding hydrogens is 246 g/mol. The van der Waals surface area contributed by atoms with E-state index in [-0.39, 0.29) is 5.56 Å². The van der Waals surface area contributed by atoms with E-state index in [0.29, 0.717) is 42.2 Å². The number of hydrogen-bond acceptors (Lipinski definition) is 5. The van der Waals surface area contributed by atoms with Crippen LogP contribution in [0.2, 0.25) is 0 Å². The number of aromatic nitrogens is 2. The monoisotopic (exact) mass is 263 g/mol. The zero-order valence-corrected chi connectivity index (χ0v) is 10.8. The Hall–Kier alpha value is -2.08. The average molecular weight is 263 g/mol. The highest BCUT2D eigenvalue weighted by Crippen LogP contribution is 2.25. The Bertz CT molecular complexity index is 610. The molecule has 0 fully saturated rings. The number of rotatable bonds is 6. The fourth-order valence-electron chi connectivity index (χ4n) is 1.69. The van der Waals surface area contributed by atoms with Gasteiger partial charge in [0.25, 0.3) is 5.56 Å². The van der Waals surface area contributed by atoms with Gasteiger partial charge < -0.3 is 20.2 Å². The molecule has 3 N–H and O–H groups in total. The van der Waals surface area contributed by atoms with Crippen molar-refractivity contribution in [1.82, 2.24) is 9.97 Å². The van der Waals surface area contributed by atoms with Crippen LogP contribution < -0.4 is 16.0 Å². The maximum atomic E-state index is 11.6. The molecule has 0 aliphatic carbocycles. The Labute approximate surface area is 110 Å². The summed E-state index contributed by atoms with van der Waals surface area (Å²) in [7, 11) is 0. The molecule has 6 heteroatoms. The van der Waals surface area contributed by atoms with Crippen molar-refractivity contribution in [3.8, 4) is 5.75 Å². The lowest BCUT2D eigenvalue weighted by Crippen LogP contribution is -2.10. The molecule has 0 atom stereocenters. The third kappa shape index (κ3) is 3.23. The van der Waals surface area contributed by atoms with E-state index in [1.165, 1.54) is 6.33 Å². The van der Waals surface area contributed by atoms with Gasteiger partial charge in [-0.25, -0.2) is 4.98 Å². The zero-order valence-electron chi connectivity index (χ0n) is 10.8. The van der Waals surface area contributed by atoms with Gasteiger partial charge in [0.05, 0.1) is 29.5 Å². The minimum absolute atomic E-state index is 0.213. The molecule has 0 bridgehead atoms. The summed E-state index contributed by atoms with van der Waals surface area (Å²) in [6.45, 7) is 3.69. The van der Waals surface area contributed by atoms with Gasteiger partial charge >= 0.3 is 0 Å². The average Bonchev–Trinajstić information content (AvgIpc) is 2.40. The molecule has 1 aromatic heterocycles. The lowest BCUT2D eigenvalue weighted by molar-refractivity contribution is 0.101. The number of aromatic amines is 1. The molecule has 2 aromatic rings. The van der Waals surface area contributed by atoms with Gasteiger partial charge in [0.2, 0.25) is 0 Å². The topological polar surface area (TPSA) is 90.2 Å². The van der Waals surface area contributed by atoms with Crippen molar-refractivity contribution >= 4 is 16.6 Å². The van der Waals surface area contributed by atoms with Gasteiger partial charge in [0, 0.05) is 12.7 Å². The second kappa shape index (κ2) is 6.19. The summed E-state index contributed by atoms with van der Waals surface area (Å²) in [5.41, 5.74) is 6.61. The largest absolute Gasteiger partial charge is 0.489 e. The molecule has 0 unspecified atom stereocenters. The second-order valence-electron chi connectivity index (χ2n) is 4.10. The van der Waals surface area contributed by atoms with Crippen LogP contribution in [0.3, 0.4) is 0 Å². The van der Waals surface area contributed by atoms with E-state index in [1.54, 1.807) is 12.1 Å². The van der Waals surface area contributed by atoms with Crippen LogP contribution in [0.5, 0.6) is 5.75 Å². The number of fused-ring (bicyclic) bond motifs is 1. The molecule has 1 aromatic carbocycles. The molecule has 6 nitrogen and oxygen atoms in total. The molecular formula is C13H17N3O3. The summed E-state index contributed by atoms with van der Waals surface area (Å²) in [5.74, 6) is 0.519. The van der Waals surface area contributed by atoms with E-state index >= 15 is 0 Å². The summed E-state index contributed by atoms with van der Waals surface area (Å²) in [6.07, 6.45) is 2.33. The quantitative estimate of drug-likeness (QED) is 0.605. The van der Waals surface area contributed by atoms with E-state index in [0.717, 1.165) is 6.42 Å². The summed E-state index contributed by atoms with van der Waals surface area (Å²) < 4.78 is 10.8. The lowest BCUT2D eigenvalue weighted by Gasteiger charge is -2.09. The predicted molar refractivity (Wildman–Crippen MR) is 73.4 cm³/mol. The highest BCUT2D eigenvalue weighted by atomic mass is 16.5. The lowest BCUT2D eigenvalue weighted by atomic mass is 10.2. The first-order valence-electron chi connectivity index (χ1n) is 6.20. The number of benzene rings is 1. The molecule has 0 saturated heterocycles. The first-order valence-corrected chi connectivity index (χ1v) is 6.20. The van der Waals surface area contributed by atoms with Crippen molar-refractivity contribution in [1.29, 1.82) is 0 Å². The third-order valence-electron chi connectivity index (χ3n) is 2.61. The molecule has 0 aliphatic heterocycles. The number of nitrogen functional groups attached to an aromatic ring is 1. The van der Waals surface area contributed by atoms with E-state index < -0.39 is 0 Å². The van der Waals surface area contributed by atoms with Gasteiger partial charge in [0.15, 0.2) is 0 Å². The maximum absolute atomic E-state index is 11.6. The Morgan fingerprint density at radius 2 is 2.16 bits per heavy atom. The van der Waals surface area contributed by atoms with Crippen molar-refractivity contribution < 1.29 is 9.47 Å². The number of nitrogens with two attached hydrogens (primary N) is 1. The highest BCUT2D eigenvalue weighted by molar-refractivity contribution is 5.84. The minimum atomic E-state index is -0.213. The van der Waals surface area contributed by atoms with E-state index in [4.69, 9.17) is 15.2 Å². The number of nitrogens with one attached hydrogen (secondary N) is 1. The number of nitrogens with zero attached hydrogens (tertiary/aromatic N) is 1. The minimum Gasteiger partial charge on any atom is -0.489 e. The SMILES string of the molecule is CCCOCCOc1cc2nc[nH]c(=O)c2cc1N. The Morgan fingerprint density at radius 1 is 1.32 bits per heavy atom. The van der Waals surface area contributed by atoms with Crippen LogP contribution >= 0.6 is 0 Å². The van der Waals surface area contributed by atoms with Gasteiger partial charge in [-0.3, -0.25) is 4.79 Å². The van der Waals surface area contributed by atoms with Gasteiger partial charge in [-0.1, -0.05) is 6.92 Å². The molecule has 1 heterocycles. The molecule has 0 radical (unpaired) electrons. The molecule has 2 rings (SSSR count). The van der Waals surface area contributed by atoms with E-state index in [1.807, 2.05) is 6.92 Å². The molecule has 0 saturated carbocycles. The van der Waals surface area contributed by atoms with Crippen LogP contribution in [-0.2, 0) is 4.74 Å². The van der Waals surface area contributed by atoms with Gasteiger partial charge in [-0.15, -0.1) is 0 Å². The van der Waals surface area contributed by atoms with E-state index in [2.05, 4.69) is 9.97 Å². The summed E-state index contributed by atoms with van der Waals surface area (Å²) >= 11 is 0. The molecule has 0 spiro atoms. The number of hydrogen-bond donors (Lipinski definition) is 2. The van der Waals surface area contributed by atoms with Crippen molar-refractivity contribution in [2.24, 2.45) is 0 Å². The third-order valence-corrected chi connectivity index (χ3v) is 2.61. The molecule has 102 valence electrons. The number of ether oxygens (including phenoxy) is 2. The van der Waals surface area contributed by atoms with Crippen molar-refractivity contribution in [2.45, 2.75) is 13.3 Å². The van der Waals surface area contributed by atoms with Gasteiger partial charge in [0.1, 0.15) is 12.4 Å². The Balaban J connectivity index is 2.11. The molecule has 0 aliphatic rings. The standard InChI is InChI=1S/C13H17N3O3/c1-2-3-18-4-5-19-12-7-11-9(6-10(12)14)13(17)16-8-15-11/h6-8H,2-5,14H2,1H3,(H,15,16,17). The summed E-state index contributed by atoms with van der Waals surface area (Å²) in [6, 6.07) is 3.24. The molecule has 19 heavy (non-hydrogen) atoms. The second-order valence-corrected chi connectivity index (χ2v) is 4.10. The number of anilines is 1. The first kappa shape index (κ1) is 13.4. The van der Waals surface area contributed by atoms with Crippen molar-refractivity contribution in [2.75, 3.05) is 25.6 Å². The van der Waals surface area contributed by atoms with Gasteiger partial charge in [-0.2, -0.15) is 0 Å². The summed E-state index contributed by atoms with van der Waals surface area (Å²) in [4.78, 5) is 18.1. The fourth-order valence-corrected chi connectivity index (χ4v) is 1.69. The van der Waals surface area contributed by atoms with Crippen LogP contribution in [0.25, 0.3) is 10.9 Å². The van der Waals surface area contributed by atoms with Crippen LogP contribution in [-0.4, -0.2) is 29.8 Å². The normalized spacial score (nSPS) is 10.8. The highest BCUT2D eigenvalue weighted by Gasteiger charge is 2.06. The van der Waals surface area contributed by atoms with Crippen molar-refractivity contribution in [3.63, 3.8) is 0 Å². The van der Waals surface area contributed by atoms with Crippen LogP contribution in [0, 0.1) is 0 Å². The first-order chi connectivity index (χ1) is 9.22. The predicted octanol–water partition coefficient (Wildman–Crippen LogP) is 1.31. The fraction of sp³-hybridized carbons (Fsp3) is 0.385. The van der Waals surface area contributed by atoms with Crippen LogP contribution in [0.1, 0.15) is 13.3 Å². The summed E-state index contributed by atoms with van der Waals surface area (Å²) in [5, 5.41) is 0.453.